The second-order valence-electron chi connectivity index (χ2n) is 4.57. The van der Waals surface area contributed by atoms with E-state index in [9.17, 15) is 4.79 Å². The standard InChI is InChI=1S/C12H19N3O2/c1-9-4-3-5-11(13-2)12(16)15(9)6-10-7-17-8-14-10/h7-9,11,13H,3-6H2,1-2H3. The van der Waals surface area contributed by atoms with E-state index in [1.54, 1.807) is 6.26 Å². The summed E-state index contributed by atoms with van der Waals surface area (Å²) in [6, 6.07) is 0.199. The van der Waals surface area contributed by atoms with Gasteiger partial charge in [0.05, 0.1) is 18.3 Å². The summed E-state index contributed by atoms with van der Waals surface area (Å²) < 4.78 is 4.95. The third-order valence-corrected chi connectivity index (χ3v) is 3.39. The zero-order valence-electron chi connectivity index (χ0n) is 10.3. The number of amides is 1. The van der Waals surface area contributed by atoms with Crippen molar-refractivity contribution >= 4 is 5.91 Å². The molecule has 0 spiro atoms. The molecule has 0 bridgehead atoms. The monoisotopic (exact) mass is 237 g/mol. The van der Waals surface area contributed by atoms with Crippen LogP contribution in [0.3, 0.4) is 0 Å². The fourth-order valence-electron chi connectivity index (χ4n) is 2.31. The van der Waals surface area contributed by atoms with Crippen molar-refractivity contribution in [3.05, 3.63) is 18.4 Å². The molecule has 5 heteroatoms. The molecule has 0 radical (unpaired) electrons. The highest BCUT2D eigenvalue weighted by molar-refractivity contribution is 5.82. The largest absolute Gasteiger partial charge is 0.451 e. The summed E-state index contributed by atoms with van der Waals surface area (Å²) in [4.78, 5) is 18.3. The molecule has 0 aromatic carbocycles. The van der Waals surface area contributed by atoms with Crippen LogP contribution >= 0.6 is 0 Å². The molecule has 1 saturated heterocycles. The Morgan fingerprint density at radius 3 is 3.06 bits per heavy atom. The van der Waals surface area contributed by atoms with E-state index < -0.39 is 0 Å². The van der Waals surface area contributed by atoms with Crippen LogP contribution in [0.25, 0.3) is 0 Å². The molecule has 1 N–H and O–H groups in total. The smallest absolute Gasteiger partial charge is 0.240 e. The number of oxazole rings is 1. The van der Waals surface area contributed by atoms with Gasteiger partial charge in [-0.05, 0) is 33.2 Å². The van der Waals surface area contributed by atoms with Crippen molar-refractivity contribution in [1.82, 2.24) is 15.2 Å². The van der Waals surface area contributed by atoms with Gasteiger partial charge in [0.15, 0.2) is 6.39 Å². The molecule has 1 aromatic rings. The van der Waals surface area contributed by atoms with E-state index in [2.05, 4.69) is 17.2 Å². The number of nitrogens with zero attached hydrogens (tertiary/aromatic N) is 2. The van der Waals surface area contributed by atoms with Crippen LogP contribution in [0.1, 0.15) is 31.9 Å². The molecule has 0 aliphatic carbocycles. The van der Waals surface area contributed by atoms with Gasteiger partial charge in [-0.25, -0.2) is 4.98 Å². The minimum Gasteiger partial charge on any atom is -0.451 e. The average molecular weight is 237 g/mol. The third kappa shape index (κ3) is 2.66. The number of likely N-dealkylation sites (N-methyl/N-ethyl adjacent to an activating group) is 1. The average Bonchev–Trinajstić information content (AvgIpc) is 2.79. The van der Waals surface area contributed by atoms with Crippen LogP contribution < -0.4 is 5.32 Å². The molecular weight excluding hydrogens is 218 g/mol. The van der Waals surface area contributed by atoms with Crippen LogP contribution in [-0.2, 0) is 11.3 Å². The van der Waals surface area contributed by atoms with Crippen molar-refractivity contribution in [2.24, 2.45) is 0 Å². The number of hydrogen-bond donors (Lipinski definition) is 1. The predicted molar refractivity (Wildman–Crippen MR) is 63.2 cm³/mol. The highest BCUT2D eigenvalue weighted by Gasteiger charge is 2.30. The van der Waals surface area contributed by atoms with Gasteiger partial charge in [-0.15, -0.1) is 0 Å². The molecule has 2 heterocycles. The molecule has 2 rings (SSSR count). The van der Waals surface area contributed by atoms with E-state index >= 15 is 0 Å². The lowest BCUT2D eigenvalue weighted by atomic mass is 10.1. The van der Waals surface area contributed by atoms with E-state index in [0.717, 1.165) is 25.0 Å². The van der Waals surface area contributed by atoms with Crippen molar-refractivity contribution < 1.29 is 9.21 Å². The molecule has 1 amide bonds. The summed E-state index contributed by atoms with van der Waals surface area (Å²) in [6.45, 7) is 2.63. The van der Waals surface area contributed by atoms with Crippen molar-refractivity contribution in [3.63, 3.8) is 0 Å². The first-order valence-corrected chi connectivity index (χ1v) is 6.07. The van der Waals surface area contributed by atoms with Gasteiger partial charge in [0.1, 0.15) is 6.26 Å². The first-order valence-electron chi connectivity index (χ1n) is 6.07. The van der Waals surface area contributed by atoms with Gasteiger partial charge < -0.3 is 14.6 Å². The van der Waals surface area contributed by atoms with Gasteiger partial charge in [-0.1, -0.05) is 0 Å². The molecule has 1 aliphatic heterocycles. The number of carbonyl (C=O) groups is 1. The van der Waals surface area contributed by atoms with E-state index in [4.69, 9.17) is 4.42 Å². The molecule has 1 aliphatic rings. The minimum atomic E-state index is -0.0631. The molecule has 94 valence electrons. The topological polar surface area (TPSA) is 58.4 Å². The molecule has 2 unspecified atom stereocenters. The first-order chi connectivity index (χ1) is 8.22. The van der Waals surface area contributed by atoms with Gasteiger partial charge >= 0.3 is 0 Å². The molecular formula is C12H19N3O2. The van der Waals surface area contributed by atoms with E-state index in [0.29, 0.717) is 6.54 Å². The van der Waals surface area contributed by atoms with Crippen molar-refractivity contribution in [2.45, 2.75) is 44.8 Å². The van der Waals surface area contributed by atoms with Gasteiger partial charge in [-0.2, -0.15) is 0 Å². The summed E-state index contributed by atoms with van der Waals surface area (Å²) in [7, 11) is 1.84. The number of hydrogen-bond acceptors (Lipinski definition) is 4. The van der Waals surface area contributed by atoms with Gasteiger partial charge in [0.2, 0.25) is 5.91 Å². The summed E-state index contributed by atoms with van der Waals surface area (Å²) in [5, 5.41) is 3.09. The Morgan fingerprint density at radius 1 is 1.59 bits per heavy atom. The fourth-order valence-corrected chi connectivity index (χ4v) is 2.31. The zero-order chi connectivity index (χ0) is 12.3. The summed E-state index contributed by atoms with van der Waals surface area (Å²) >= 11 is 0. The van der Waals surface area contributed by atoms with Crippen LogP contribution in [0.15, 0.2) is 17.1 Å². The Labute approximate surface area is 101 Å². The Morgan fingerprint density at radius 2 is 2.41 bits per heavy atom. The van der Waals surface area contributed by atoms with Gasteiger partial charge in [0.25, 0.3) is 0 Å². The quantitative estimate of drug-likeness (QED) is 0.857. The van der Waals surface area contributed by atoms with Crippen LogP contribution in [0.4, 0.5) is 0 Å². The molecule has 0 saturated carbocycles. The Balaban J connectivity index is 2.12. The van der Waals surface area contributed by atoms with E-state index in [-0.39, 0.29) is 18.0 Å². The maximum atomic E-state index is 12.3. The lowest BCUT2D eigenvalue weighted by Crippen LogP contribution is -2.46. The molecule has 2 atom stereocenters. The third-order valence-electron chi connectivity index (χ3n) is 3.39. The fraction of sp³-hybridized carbons (Fsp3) is 0.667. The summed E-state index contributed by atoms with van der Waals surface area (Å²) in [5.74, 6) is 0.167. The predicted octanol–water partition coefficient (Wildman–Crippen LogP) is 1.16. The summed E-state index contributed by atoms with van der Waals surface area (Å²) in [5.41, 5.74) is 0.807. The van der Waals surface area contributed by atoms with Crippen LogP contribution in [0.5, 0.6) is 0 Å². The number of nitrogens with one attached hydrogen (secondary N) is 1. The molecule has 5 nitrogen and oxygen atoms in total. The minimum absolute atomic E-state index is 0.0631. The Bertz CT molecular complexity index is 364. The maximum absolute atomic E-state index is 12.3. The molecule has 1 fully saturated rings. The van der Waals surface area contributed by atoms with Crippen molar-refractivity contribution in [2.75, 3.05) is 7.05 Å². The maximum Gasteiger partial charge on any atom is 0.240 e. The second kappa shape index (κ2) is 5.31. The molecule has 17 heavy (non-hydrogen) atoms. The first kappa shape index (κ1) is 12.1. The highest BCUT2D eigenvalue weighted by atomic mass is 16.3. The van der Waals surface area contributed by atoms with E-state index in [1.807, 2.05) is 11.9 Å². The Kier molecular flexibility index (Phi) is 3.78. The number of likely N-dealkylation sites (tertiary alicyclic amines) is 1. The lowest BCUT2D eigenvalue weighted by Gasteiger charge is -2.28. The zero-order valence-corrected chi connectivity index (χ0v) is 10.3. The lowest BCUT2D eigenvalue weighted by molar-refractivity contribution is -0.135. The highest BCUT2D eigenvalue weighted by Crippen LogP contribution is 2.19. The number of carbonyl (C=O) groups excluding carboxylic acids is 1. The number of rotatable bonds is 3. The Hall–Kier alpha value is -1.36. The van der Waals surface area contributed by atoms with Crippen LogP contribution in [0, 0.1) is 0 Å². The molecule has 1 aromatic heterocycles. The number of aromatic nitrogens is 1. The van der Waals surface area contributed by atoms with Crippen molar-refractivity contribution in [1.29, 1.82) is 0 Å². The second-order valence-corrected chi connectivity index (χ2v) is 4.57. The van der Waals surface area contributed by atoms with Gasteiger partial charge in [0, 0.05) is 6.04 Å². The summed E-state index contributed by atoms with van der Waals surface area (Å²) in [6.07, 6.45) is 6.03. The van der Waals surface area contributed by atoms with Crippen LogP contribution in [0.2, 0.25) is 0 Å². The van der Waals surface area contributed by atoms with Gasteiger partial charge in [-0.3, -0.25) is 4.79 Å². The SMILES string of the molecule is CNC1CCCC(C)N(Cc2cocn2)C1=O. The normalized spacial score (nSPS) is 26.0. The van der Waals surface area contributed by atoms with Crippen LogP contribution in [-0.4, -0.2) is 34.9 Å². The van der Waals surface area contributed by atoms with Crippen molar-refractivity contribution in [3.8, 4) is 0 Å². The van der Waals surface area contributed by atoms with E-state index in [1.165, 1.54) is 6.39 Å².